The summed E-state index contributed by atoms with van der Waals surface area (Å²) >= 11 is 0. The molecule has 0 saturated heterocycles. The molecule has 2 unspecified atom stereocenters. The molecule has 21 heavy (non-hydrogen) atoms. The average Bonchev–Trinajstić information content (AvgIpc) is 2.84. The minimum absolute atomic E-state index is 0.0272. The first-order valence-corrected chi connectivity index (χ1v) is 7.62. The Morgan fingerprint density at radius 3 is 2.57 bits per heavy atom. The van der Waals surface area contributed by atoms with Crippen LogP contribution in [0.15, 0.2) is 12.1 Å². The standard InChI is InChI=1S/C17H25NO3/c1-11-7-12(2)17(13(3)8-11)21-10-16(20)18-15-6-4-5-14(15)9-19/h7-8,14-15,19H,4-6,9-10H2,1-3H3,(H,18,20). The van der Waals surface area contributed by atoms with Crippen LogP contribution >= 0.6 is 0 Å². The number of amides is 1. The SMILES string of the molecule is Cc1cc(C)c(OCC(=O)NC2CCCC2CO)c(C)c1. The fourth-order valence-corrected chi connectivity index (χ4v) is 3.23. The number of aryl methyl sites for hydroxylation is 3. The summed E-state index contributed by atoms with van der Waals surface area (Å²) in [5, 5.41) is 12.2. The van der Waals surface area contributed by atoms with Crippen molar-refractivity contribution in [3.05, 3.63) is 28.8 Å². The number of aliphatic hydroxyl groups is 1. The molecule has 0 bridgehead atoms. The molecule has 1 aliphatic carbocycles. The Kier molecular flexibility index (Phi) is 5.23. The summed E-state index contributed by atoms with van der Waals surface area (Å²) in [4.78, 5) is 12.0. The Bertz CT molecular complexity index is 490. The van der Waals surface area contributed by atoms with E-state index in [1.165, 1.54) is 5.56 Å². The molecular formula is C17H25NO3. The lowest BCUT2D eigenvalue weighted by atomic mass is 10.1. The van der Waals surface area contributed by atoms with Gasteiger partial charge in [-0.25, -0.2) is 0 Å². The van der Waals surface area contributed by atoms with Crippen LogP contribution in [0.3, 0.4) is 0 Å². The lowest BCUT2D eigenvalue weighted by molar-refractivity contribution is -0.124. The maximum Gasteiger partial charge on any atom is 0.258 e. The van der Waals surface area contributed by atoms with Crippen molar-refractivity contribution in [3.63, 3.8) is 0 Å². The van der Waals surface area contributed by atoms with E-state index in [2.05, 4.69) is 17.4 Å². The fourth-order valence-electron chi connectivity index (χ4n) is 3.23. The Hall–Kier alpha value is -1.55. The maximum atomic E-state index is 12.0. The van der Waals surface area contributed by atoms with Gasteiger partial charge in [0.1, 0.15) is 5.75 Å². The second kappa shape index (κ2) is 6.94. The zero-order chi connectivity index (χ0) is 15.4. The highest BCUT2D eigenvalue weighted by Gasteiger charge is 2.27. The van der Waals surface area contributed by atoms with Gasteiger partial charge in [-0.1, -0.05) is 24.1 Å². The normalized spacial score (nSPS) is 21.3. The summed E-state index contributed by atoms with van der Waals surface area (Å²) in [6.07, 6.45) is 2.99. The molecule has 1 fully saturated rings. The number of benzene rings is 1. The van der Waals surface area contributed by atoms with Crippen LogP contribution in [0, 0.1) is 26.7 Å². The number of hydrogen-bond donors (Lipinski definition) is 2. The van der Waals surface area contributed by atoms with Gasteiger partial charge in [0.15, 0.2) is 6.61 Å². The molecule has 0 spiro atoms. The summed E-state index contributed by atoms with van der Waals surface area (Å²) in [5.74, 6) is 0.873. The summed E-state index contributed by atoms with van der Waals surface area (Å²) in [7, 11) is 0. The quantitative estimate of drug-likeness (QED) is 0.875. The highest BCUT2D eigenvalue weighted by atomic mass is 16.5. The monoisotopic (exact) mass is 291 g/mol. The van der Waals surface area contributed by atoms with Gasteiger partial charge in [-0.15, -0.1) is 0 Å². The molecule has 0 heterocycles. The number of hydrogen-bond acceptors (Lipinski definition) is 3. The Morgan fingerprint density at radius 1 is 1.29 bits per heavy atom. The predicted molar refractivity (Wildman–Crippen MR) is 82.5 cm³/mol. The molecule has 116 valence electrons. The van der Waals surface area contributed by atoms with Crippen LogP contribution in [0.4, 0.5) is 0 Å². The average molecular weight is 291 g/mol. The van der Waals surface area contributed by atoms with Gasteiger partial charge < -0.3 is 15.2 Å². The molecular weight excluding hydrogens is 266 g/mol. The van der Waals surface area contributed by atoms with Crippen LogP contribution in [0.25, 0.3) is 0 Å². The molecule has 0 aromatic heterocycles. The number of carbonyl (C=O) groups is 1. The van der Waals surface area contributed by atoms with E-state index in [0.29, 0.717) is 0 Å². The van der Waals surface area contributed by atoms with Gasteiger partial charge in [0.05, 0.1) is 0 Å². The van der Waals surface area contributed by atoms with Gasteiger partial charge in [-0.3, -0.25) is 4.79 Å². The summed E-state index contributed by atoms with van der Waals surface area (Å²) in [6.45, 7) is 6.20. The largest absolute Gasteiger partial charge is 0.483 e. The summed E-state index contributed by atoms with van der Waals surface area (Å²) < 4.78 is 5.69. The van der Waals surface area contributed by atoms with Crippen molar-refractivity contribution >= 4 is 5.91 Å². The van der Waals surface area contributed by atoms with Crippen molar-refractivity contribution in [1.29, 1.82) is 0 Å². The molecule has 0 radical (unpaired) electrons. The van der Waals surface area contributed by atoms with Crippen LogP contribution in [0.5, 0.6) is 5.75 Å². The van der Waals surface area contributed by atoms with Crippen molar-refractivity contribution in [2.24, 2.45) is 5.92 Å². The number of rotatable bonds is 5. The Morgan fingerprint density at radius 2 is 1.95 bits per heavy atom. The number of carbonyl (C=O) groups excluding carboxylic acids is 1. The summed E-state index contributed by atoms with van der Waals surface area (Å²) in [6, 6.07) is 4.20. The van der Waals surface area contributed by atoms with E-state index < -0.39 is 0 Å². The Balaban J connectivity index is 1.90. The summed E-state index contributed by atoms with van der Waals surface area (Å²) in [5.41, 5.74) is 3.29. The molecule has 2 rings (SSSR count). The highest BCUT2D eigenvalue weighted by Crippen LogP contribution is 2.26. The predicted octanol–water partition coefficient (Wildman–Crippen LogP) is 2.27. The second-order valence-electron chi connectivity index (χ2n) is 6.06. The van der Waals surface area contributed by atoms with E-state index in [4.69, 9.17) is 4.74 Å². The van der Waals surface area contributed by atoms with Crippen LogP contribution in [0.2, 0.25) is 0 Å². The first-order valence-electron chi connectivity index (χ1n) is 7.62. The van der Waals surface area contributed by atoms with Gasteiger partial charge in [0, 0.05) is 18.6 Å². The third-order valence-corrected chi connectivity index (χ3v) is 4.19. The number of ether oxygens (including phenoxy) is 1. The van der Waals surface area contributed by atoms with E-state index in [1.807, 2.05) is 20.8 Å². The smallest absolute Gasteiger partial charge is 0.258 e. The molecule has 2 N–H and O–H groups in total. The zero-order valence-corrected chi connectivity index (χ0v) is 13.1. The molecule has 2 atom stereocenters. The first-order chi connectivity index (χ1) is 10.0. The number of nitrogens with one attached hydrogen (secondary N) is 1. The van der Waals surface area contributed by atoms with Gasteiger partial charge in [-0.05, 0) is 44.7 Å². The lowest BCUT2D eigenvalue weighted by Gasteiger charge is -2.19. The second-order valence-corrected chi connectivity index (χ2v) is 6.06. The van der Waals surface area contributed by atoms with Crippen molar-refractivity contribution in [2.75, 3.05) is 13.2 Å². The van der Waals surface area contributed by atoms with Crippen LogP contribution in [-0.4, -0.2) is 30.3 Å². The van der Waals surface area contributed by atoms with E-state index >= 15 is 0 Å². The molecule has 4 heteroatoms. The van der Waals surface area contributed by atoms with Crippen molar-refractivity contribution < 1.29 is 14.6 Å². The van der Waals surface area contributed by atoms with E-state index in [0.717, 1.165) is 36.1 Å². The van der Waals surface area contributed by atoms with E-state index in [-0.39, 0.29) is 31.1 Å². The third-order valence-electron chi connectivity index (χ3n) is 4.19. The molecule has 1 amide bonds. The third kappa shape index (κ3) is 3.97. The van der Waals surface area contributed by atoms with Gasteiger partial charge in [0.25, 0.3) is 5.91 Å². The van der Waals surface area contributed by atoms with E-state index in [9.17, 15) is 9.90 Å². The van der Waals surface area contributed by atoms with Gasteiger partial charge in [0.2, 0.25) is 0 Å². The van der Waals surface area contributed by atoms with Crippen LogP contribution in [-0.2, 0) is 4.79 Å². The first kappa shape index (κ1) is 15.8. The number of aliphatic hydroxyl groups excluding tert-OH is 1. The molecule has 0 aliphatic heterocycles. The van der Waals surface area contributed by atoms with Crippen LogP contribution in [0.1, 0.15) is 36.0 Å². The molecule has 4 nitrogen and oxygen atoms in total. The van der Waals surface area contributed by atoms with Crippen LogP contribution < -0.4 is 10.1 Å². The van der Waals surface area contributed by atoms with E-state index in [1.54, 1.807) is 0 Å². The highest BCUT2D eigenvalue weighted by molar-refractivity contribution is 5.78. The van der Waals surface area contributed by atoms with Gasteiger partial charge >= 0.3 is 0 Å². The Labute approximate surface area is 126 Å². The topological polar surface area (TPSA) is 58.6 Å². The minimum Gasteiger partial charge on any atom is -0.483 e. The van der Waals surface area contributed by atoms with Crippen molar-refractivity contribution in [3.8, 4) is 5.75 Å². The maximum absolute atomic E-state index is 12.0. The molecule has 1 aliphatic rings. The lowest BCUT2D eigenvalue weighted by Crippen LogP contribution is -2.41. The minimum atomic E-state index is -0.111. The van der Waals surface area contributed by atoms with Crippen molar-refractivity contribution in [2.45, 2.75) is 46.1 Å². The van der Waals surface area contributed by atoms with Crippen molar-refractivity contribution in [1.82, 2.24) is 5.32 Å². The van der Waals surface area contributed by atoms with Gasteiger partial charge in [-0.2, -0.15) is 0 Å². The molecule has 1 aromatic carbocycles. The zero-order valence-electron chi connectivity index (χ0n) is 13.1. The fraction of sp³-hybridized carbons (Fsp3) is 0.588. The molecule has 1 aromatic rings. The molecule has 1 saturated carbocycles.